The minimum atomic E-state index is -4.09. The maximum Gasteiger partial charge on any atom is 0.339 e. The van der Waals surface area contributed by atoms with Gasteiger partial charge in [0.25, 0.3) is 5.91 Å². The van der Waals surface area contributed by atoms with Crippen molar-refractivity contribution in [3.05, 3.63) is 81.8 Å². The van der Waals surface area contributed by atoms with Crippen molar-refractivity contribution < 1.29 is 26.9 Å². The smallest absolute Gasteiger partial charge is 0.339 e. The summed E-state index contributed by atoms with van der Waals surface area (Å²) in [6.07, 6.45) is 1.36. The standard InChI is InChI=1S/C23H20Cl2N2O6S/c1-3-32-22-13-16(5-11-21(22)31-2)23(28)27-26-14-15-4-10-20(19(25)12-15)33-34(29,30)18-8-6-17(24)7-9-18/h4-14H,3H2,1-2H3,(H,27,28)/b26-14+. The van der Waals surface area contributed by atoms with Gasteiger partial charge < -0.3 is 13.7 Å². The molecule has 178 valence electrons. The highest BCUT2D eigenvalue weighted by Crippen LogP contribution is 2.29. The number of methoxy groups -OCH3 is 1. The van der Waals surface area contributed by atoms with E-state index >= 15 is 0 Å². The van der Waals surface area contributed by atoms with Gasteiger partial charge in [-0.2, -0.15) is 13.5 Å². The molecular weight excluding hydrogens is 503 g/mol. The second kappa shape index (κ2) is 11.2. The van der Waals surface area contributed by atoms with Gasteiger partial charge in [-0.05, 0) is 73.2 Å². The first-order chi connectivity index (χ1) is 16.2. The van der Waals surface area contributed by atoms with Gasteiger partial charge in [0.1, 0.15) is 4.90 Å². The SMILES string of the molecule is CCOc1cc(C(=O)N/N=C/c2ccc(OS(=O)(=O)c3ccc(Cl)cc3)c(Cl)c2)ccc1OC. The number of ether oxygens (including phenoxy) is 2. The Hall–Kier alpha value is -3.27. The number of nitrogens with zero attached hydrogens (tertiary/aromatic N) is 1. The van der Waals surface area contributed by atoms with E-state index in [0.717, 1.165) is 0 Å². The maximum atomic E-state index is 12.4. The molecule has 0 heterocycles. The summed E-state index contributed by atoms with van der Waals surface area (Å²) in [4.78, 5) is 12.3. The summed E-state index contributed by atoms with van der Waals surface area (Å²) in [5.74, 6) is 0.439. The van der Waals surface area contributed by atoms with Crippen LogP contribution >= 0.6 is 23.2 Å². The molecule has 3 aromatic rings. The lowest BCUT2D eigenvalue weighted by atomic mass is 10.2. The number of benzene rings is 3. The molecule has 3 rings (SSSR count). The van der Waals surface area contributed by atoms with Crippen LogP contribution in [-0.4, -0.2) is 34.3 Å². The third-order valence-corrected chi connectivity index (χ3v) is 6.16. The van der Waals surface area contributed by atoms with Gasteiger partial charge in [0.2, 0.25) is 0 Å². The van der Waals surface area contributed by atoms with Crippen LogP contribution in [0, 0.1) is 0 Å². The number of hydrazone groups is 1. The molecule has 0 aromatic heterocycles. The lowest BCUT2D eigenvalue weighted by Crippen LogP contribution is -2.17. The number of carbonyl (C=O) groups is 1. The molecule has 0 bridgehead atoms. The monoisotopic (exact) mass is 522 g/mol. The molecule has 0 unspecified atom stereocenters. The Morgan fingerprint density at radius 1 is 1.00 bits per heavy atom. The summed E-state index contributed by atoms with van der Waals surface area (Å²) >= 11 is 12.0. The van der Waals surface area contributed by atoms with Crippen molar-refractivity contribution in [3.63, 3.8) is 0 Å². The zero-order chi connectivity index (χ0) is 24.7. The van der Waals surface area contributed by atoms with Crippen molar-refractivity contribution in [1.29, 1.82) is 0 Å². The Morgan fingerprint density at radius 2 is 1.71 bits per heavy atom. The molecular formula is C23H20Cl2N2O6S. The molecule has 11 heteroatoms. The van der Waals surface area contributed by atoms with Crippen LogP contribution in [-0.2, 0) is 10.1 Å². The number of rotatable bonds is 9. The fraction of sp³-hybridized carbons (Fsp3) is 0.130. The van der Waals surface area contributed by atoms with Crippen LogP contribution in [0.2, 0.25) is 10.0 Å². The number of amides is 1. The average molecular weight is 523 g/mol. The molecule has 34 heavy (non-hydrogen) atoms. The topological polar surface area (TPSA) is 103 Å². The molecule has 0 aliphatic rings. The van der Waals surface area contributed by atoms with E-state index in [0.29, 0.717) is 34.3 Å². The van der Waals surface area contributed by atoms with E-state index in [2.05, 4.69) is 10.5 Å². The normalized spacial score (nSPS) is 11.3. The van der Waals surface area contributed by atoms with Gasteiger partial charge >= 0.3 is 10.1 Å². The Kier molecular flexibility index (Phi) is 8.38. The molecule has 1 amide bonds. The second-order valence-electron chi connectivity index (χ2n) is 6.68. The number of halogens is 2. The number of nitrogens with one attached hydrogen (secondary N) is 1. The highest BCUT2D eigenvalue weighted by atomic mass is 35.5. The van der Waals surface area contributed by atoms with Gasteiger partial charge in [-0.3, -0.25) is 4.79 Å². The maximum absolute atomic E-state index is 12.4. The zero-order valence-electron chi connectivity index (χ0n) is 18.1. The summed E-state index contributed by atoms with van der Waals surface area (Å²) in [6.45, 7) is 2.24. The summed E-state index contributed by atoms with van der Waals surface area (Å²) in [5, 5.41) is 4.35. The van der Waals surface area contributed by atoms with E-state index in [9.17, 15) is 13.2 Å². The van der Waals surface area contributed by atoms with E-state index in [1.165, 1.54) is 55.8 Å². The van der Waals surface area contributed by atoms with Gasteiger partial charge in [-0.15, -0.1) is 0 Å². The predicted molar refractivity (Wildman–Crippen MR) is 130 cm³/mol. The van der Waals surface area contributed by atoms with Crippen LogP contribution in [0.15, 0.2) is 70.7 Å². The lowest BCUT2D eigenvalue weighted by molar-refractivity contribution is 0.0954. The van der Waals surface area contributed by atoms with Crippen molar-refractivity contribution in [1.82, 2.24) is 5.43 Å². The molecule has 0 fully saturated rings. The third-order valence-electron chi connectivity index (χ3n) is 4.36. The van der Waals surface area contributed by atoms with Gasteiger partial charge in [0.05, 0.1) is 25.0 Å². The highest BCUT2D eigenvalue weighted by Gasteiger charge is 2.18. The molecule has 3 aromatic carbocycles. The van der Waals surface area contributed by atoms with Gasteiger partial charge in [-0.1, -0.05) is 23.2 Å². The number of hydrogen-bond acceptors (Lipinski definition) is 7. The van der Waals surface area contributed by atoms with Gasteiger partial charge in [0.15, 0.2) is 17.2 Å². The third kappa shape index (κ3) is 6.40. The van der Waals surface area contributed by atoms with Crippen LogP contribution in [0.25, 0.3) is 0 Å². The Labute approximate surface area is 207 Å². The molecule has 0 aliphatic carbocycles. The average Bonchev–Trinajstić information content (AvgIpc) is 2.81. The number of hydrogen-bond donors (Lipinski definition) is 1. The molecule has 8 nitrogen and oxygen atoms in total. The predicted octanol–water partition coefficient (Wildman–Crippen LogP) is 4.93. The summed E-state index contributed by atoms with van der Waals surface area (Å²) in [5.41, 5.74) is 3.24. The molecule has 0 saturated carbocycles. The van der Waals surface area contributed by atoms with Crippen LogP contribution in [0.3, 0.4) is 0 Å². The molecule has 0 atom stereocenters. The fourth-order valence-corrected chi connectivity index (χ4v) is 4.10. The van der Waals surface area contributed by atoms with Crippen molar-refractivity contribution in [2.45, 2.75) is 11.8 Å². The van der Waals surface area contributed by atoms with Crippen molar-refractivity contribution in [2.24, 2.45) is 5.10 Å². The molecule has 1 N–H and O–H groups in total. The largest absolute Gasteiger partial charge is 0.493 e. The second-order valence-corrected chi connectivity index (χ2v) is 9.07. The van der Waals surface area contributed by atoms with E-state index < -0.39 is 16.0 Å². The summed E-state index contributed by atoms with van der Waals surface area (Å²) in [6, 6.07) is 14.7. The van der Waals surface area contributed by atoms with Crippen molar-refractivity contribution in [2.75, 3.05) is 13.7 Å². The number of carbonyl (C=O) groups excluding carboxylic acids is 1. The van der Waals surface area contributed by atoms with Crippen LogP contribution < -0.4 is 19.1 Å². The fourth-order valence-electron chi connectivity index (χ4n) is 2.75. The Bertz CT molecular complexity index is 1310. The molecule has 0 spiro atoms. The van der Waals surface area contributed by atoms with Crippen LogP contribution in [0.5, 0.6) is 17.2 Å². The summed E-state index contributed by atoms with van der Waals surface area (Å²) in [7, 11) is -2.58. The van der Waals surface area contributed by atoms with E-state index in [1.54, 1.807) is 18.2 Å². The van der Waals surface area contributed by atoms with Crippen LogP contribution in [0.1, 0.15) is 22.8 Å². The van der Waals surface area contributed by atoms with Gasteiger partial charge in [-0.25, -0.2) is 5.43 Å². The van der Waals surface area contributed by atoms with E-state index in [1.807, 2.05) is 6.92 Å². The quantitative estimate of drug-likeness (QED) is 0.242. The molecule has 0 radical (unpaired) electrons. The first-order valence-electron chi connectivity index (χ1n) is 9.87. The van der Waals surface area contributed by atoms with Crippen molar-refractivity contribution in [3.8, 4) is 17.2 Å². The Balaban J connectivity index is 1.67. The zero-order valence-corrected chi connectivity index (χ0v) is 20.4. The first-order valence-corrected chi connectivity index (χ1v) is 12.0. The van der Waals surface area contributed by atoms with E-state index in [-0.39, 0.29) is 15.7 Å². The minimum absolute atomic E-state index is 0.0457. The van der Waals surface area contributed by atoms with Gasteiger partial charge in [0, 0.05) is 10.6 Å². The molecule has 0 aliphatic heterocycles. The highest BCUT2D eigenvalue weighted by molar-refractivity contribution is 7.87. The summed E-state index contributed by atoms with van der Waals surface area (Å²) < 4.78 is 40.6. The Morgan fingerprint density at radius 3 is 2.35 bits per heavy atom. The van der Waals surface area contributed by atoms with E-state index in [4.69, 9.17) is 36.9 Å². The lowest BCUT2D eigenvalue weighted by Gasteiger charge is -2.10. The molecule has 0 saturated heterocycles. The first kappa shape index (κ1) is 25.4. The van der Waals surface area contributed by atoms with Crippen molar-refractivity contribution >= 4 is 45.4 Å². The van der Waals surface area contributed by atoms with Crippen LogP contribution in [0.4, 0.5) is 0 Å². The minimum Gasteiger partial charge on any atom is -0.493 e.